The van der Waals surface area contributed by atoms with Crippen LogP contribution >= 0.6 is 0 Å². The van der Waals surface area contributed by atoms with Gasteiger partial charge in [0.1, 0.15) is 30.5 Å². The van der Waals surface area contributed by atoms with E-state index in [1.807, 2.05) is 109 Å². The molecule has 2 heterocycles. The van der Waals surface area contributed by atoms with E-state index >= 15 is 0 Å². The van der Waals surface area contributed by atoms with Crippen molar-refractivity contribution in [2.24, 2.45) is 0 Å². The Labute approximate surface area is 580 Å². The molecule has 8 atom stereocenters. The van der Waals surface area contributed by atoms with E-state index in [4.69, 9.17) is 37.9 Å². The fourth-order valence-electron chi connectivity index (χ4n) is 12.6. The van der Waals surface area contributed by atoms with Crippen LogP contribution in [0, 0.1) is 0 Å². The number of amides is 2. The van der Waals surface area contributed by atoms with Crippen molar-refractivity contribution in [2.75, 3.05) is 19.8 Å². The molecule has 13 heteroatoms. The lowest BCUT2D eigenvalue weighted by molar-refractivity contribution is -0.330. The van der Waals surface area contributed by atoms with Crippen LogP contribution in [0.15, 0.2) is 207 Å². The Morgan fingerprint density at radius 1 is 0.433 bits per heavy atom. The number of rotatable bonds is 51. The van der Waals surface area contributed by atoms with Gasteiger partial charge < -0.3 is 48.5 Å². The van der Waals surface area contributed by atoms with Crippen molar-refractivity contribution in [1.29, 1.82) is 0 Å². The van der Waals surface area contributed by atoms with Gasteiger partial charge in [-0.25, -0.2) is 0 Å². The molecule has 0 saturated carbocycles. The van der Waals surface area contributed by atoms with E-state index in [9.17, 15) is 9.59 Å². The van der Waals surface area contributed by atoms with Crippen molar-refractivity contribution in [1.82, 2.24) is 15.6 Å². The molecule has 0 radical (unpaired) electrons. The number of aromatic nitrogens is 1. The number of hydrogen-bond donors (Lipinski definition) is 2. The lowest BCUT2D eigenvalue weighted by Crippen LogP contribution is -2.62. The zero-order valence-corrected chi connectivity index (χ0v) is 57.9. The molecular formula is C84H111N3O10. The molecular weight excluding hydrogens is 1210 g/mol. The number of nitrogens with one attached hydrogen (secondary N) is 2. The van der Waals surface area contributed by atoms with Gasteiger partial charge in [-0.05, 0) is 64.8 Å². The molecule has 8 rings (SSSR count). The van der Waals surface area contributed by atoms with E-state index in [0.29, 0.717) is 45.0 Å². The second kappa shape index (κ2) is 47.1. The fourth-order valence-corrected chi connectivity index (χ4v) is 12.6. The van der Waals surface area contributed by atoms with Gasteiger partial charge in [-0.2, -0.15) is 0 Å². The second-order valence-corrected chi connectivity index (χ2v) is 26.0. The Morgan fingerprint density at radius 2 is 0.845 bits per heavy atom. The summed E-state index contributed by atoms with van der Waals surface area (Å²) >= 11 is 0. The molecule has 0 bridgehead atoms. The van der Waals surface area contributed by atoms with E-state index in [2.05, 4.69) is 95.3 Å². The number of carbonyl (C=O) groups is 2. The highest BCUT2D eigenvalue weighted by Gasteiger charge is 2.50. The van der Waals surface area contributed by atoms with E-state index in [-0.39, 0.29) is 38.2 Å². The van der Waals surface area contributed by atoms with Crippen LogP contribution in [0.5, 0.6) is 0 Å². The smallest absolute Gasteiger partial charge is 0.251 e. The second-order valence-electron chi connectivity index (χ2n) is 26.0. The molecule has 1 aliphatic heterocycles. The maximum atomic E-state index is 14.9. The van der Waals surface area contributed by atoms with Gasteiger partial charge in [0.05, 0.1) is 65.0 Å². The first-order valence-electron chi connectivity index (χ1n) is 36.6. The molecule has 97 heavy (non-hydrogen) atoms. The average Bonchev–Trinajstić information content (AvgIpc) is 0.849. The van der Waals surface area contributed by atoms with Crippen LogP contribution in [-0.4, -0.2) is 85.5 Å². The van der Waals surface area contributed by atoms with Gasteiger partial charge >= 0.3 is 0 Å². The van der Waals surface area contributed by atoms with Crippen LogP contribution in [0.3, 0.4) is 0 Å². The van der Waals surface area contributed by atoms with Crippen molar-refractivity contribution in [3.05, 3.63) is 245 Å². The highest BCUT2D eigenvalue weighted by molar-refractivity contribution is 5.93. The third-order valence-electron chi connectivity index (χ3n) is 18.1. The van der Waals surface area contributed by atoms with Crippen LogP contribution in [0.2, 0.25) is 0 Å². The molecule has 522 valence electrons. The predicted molar refractivity (Wildman–Crippen MR) is 386 cm³/mol. The van der Waals surface area contributed by atoms with Gasteiger partial charge in [-0.1, -0.05) is 311 Å². The number of benzene rings is 6. The Bertz CT molecular complexity index is 3080. The van der Waals surface area contributed by atoms with Gasteiger partial charge in [0.25, 0.3) is 5.91 Å². The number of nitrogens with zero attached hydrogens (tertiary/aromatic N) is 1. The highest BCUT2D eigenvalue weighted by atomic mass is 16.7. The van der Waals surface area contributed by atoms with E-state index in [1.165, 1.54) is 57.8 Å². The van der Waals surface area contributed by atoms with Crippen LogP contribution < -0.4 is 10.6 Å². The SMILES string of the molecule is CCCCCCCCCCCCCC[C@@H](OCc1ccccc1)[C@@H](OCc1ccccc1)[C@H](CO[C@H]1O[C@H](COCc2ccccc2)[C@H](OCc2ccccc2)[C@H](OCc2ccccc2)[C@H]1OCc1ccccc1)NC(=O)CCCCCCCCCCCNC(=O)c1ccncc1. The molecule has 1 aromatic heterocycles. The largest absolute Gasteiger partial charge is 0.374 e. The molecule has 7 aromatic rings. The molecule has 1 fully saturated rings. The summed E-state index contributed by atoms with van der Waals surface area (Å²) in [5.41, 5.74) is 6.72. The normalized spacial score (nSPS) is 17.1. The maximum Gasteiger partial charge on any atom is 0.251 e. The van der Waals surface area contributed by atoms with Gasteiger partial charge in [-0.15, -0.1) is 0 Å². The zero-order valence-electron chi connectivity index (χ0n) is 57.9. The van der Waals surface area contributed by atoms with Crippen molar-refractivity contribution in [2.45, 2.75) is 243 Å². The number of ether oxygens (including phenoxy) is 8. The third kappa shape index (κ3) is 30.0. The summed E-state index contributed by atoms with van der Waals surface area (Å²) < 4.78 is 56.9. The van der Waals surface area contributed by atoms with Gasteiger partial charge in [-0.3, -0.25) is 14.6 Å². The molecule has 2 N–H and O–H groups in total. The van der Waals surface area contributed by atoms with Crippen LogP contribution in [0.4, 0.5) is 0 Å². The van der Waals surface area contributed by atoms with Gasteiger partial charge in [0.2, 0.25) is 5.91 Å². The summed E-state index contributed by atoms with van der Waals surface area (Å²) in [6.45, 7) is 4.94. The Morgan fingerprint density at radius 3 is 1.34 bits per heavy atom. The van der Waals surface area contributed by atoms with Crippen LogP contribution in [-0.2, 0) is 82.3 Å². The van der Waals surface area contributed by atoms with E-state index in [0.717, 1.165) is 117 Å². The molecule has 0 spiro atoms. The molecule has 13 nitrogen and oxygen atoms in total. The monoisotopic (exact) mass is 1320 g/mol. The minimum atomic E-state index is -1.03. The topological polar surface area (TPSA) is 145 Å². The Balaban J connectivity index is 1.04. The average molecular weight is 1320 g/mol. The molecule has 0 unspecified atom stereocenters. The van der Waals surface area contributed by atoms with Crippen molar-refractivity contribution < 1.29 is 47.5 Å². The van der Waals surface area contributed by atoms with Crippen molar-refractivity contribution in [3.63, 3.8) is 0 Å². The van der Waals surface area contributed by atoms with Crippen LogP contribution in [0.25, 0.3) is 0 Å². The molecule has 6 aromatic carbocycles. The quantitative estimate of drug-likeness (QED) is 0.0352. The number of carbonyl (C=O) groups excluding carboxylic acids is 2. The lowest BCUT2D eigenvalue weighted by Gasteiger charge is -2.46. The number of pyridine rings is 1. The molecule has 0 aliphatic carbocycles. The fraction of sp³-hybridized carbons (Fsp3) is 0.488. The Hall–Kier alpha value is -6.91. The highest BCUT2D eigenvalue weighted by Crippen LogP contribution is 2.33. The summed E-state index contributed by atoms with van der Waals surface area (Å²) in [6, 6.07) is 63.9. The summed E-state index contributed by atoms with van der Waals surface area (Å²) in [5.74, 6) is -0.129. The minimum absolute atomic E-state index is 0.000346. The predicted octanol–water partition coefficient (Wildman–Crippen LogP) is 18.2. The first kappa shape index (κ1) is 75.9. The van der Waals surface area contributed by atoms with E-state index < -0.39 is 49.0 Å². The molecule has 1 saturated heterocycles. The third-order valence-corrected chi connectivity index (χ3v) is 18.1. The van der Waals surface area contributed by atoms with E-state index in [1.54, 1.807) is 24.5 Å². The summed E-state index contributed by atoms with van der Waals surface area (Å²) in [6.07, 6.45) is 23.4. The summed E-state index contributed by atoms with van der Waals surface area (Å²) in [5, 5.41) is 6.56. The standard InChI is InChI=1S/C84H111N3O10/c1-2-3-4-5-6-7-8-9-11-14-17-38-53-76(91-61-69-43-28-21-29-44-69)79(92-62-70-45-30-22-31-46-70)75(87-78(88)54-39-18-15-12-10-13-16-19-40-57-86-83(89)74-55-58-85-59-56-74)66-96-84-82(95-65-73-51-36-25-37-52-73)81(94-64-72-49-34-24-35-50-72)80(93-63-71-47-32-23-33-48-71)77(97-84)67-90-60-68-41-26-20-27-42-68/h20-37,41-52,55-56,58-59,75-77,79-82,84H,2-19,38-40,53-54,57,60-67H2,1H3,(H,86,89)(H,87,88)/t75-,76+,77+,79-,80-,81-,82+,84-/m0/s1. The first-order chi connectivity index (χ1) is 48.0. The maximum absolute atomic E-state index is 14.9. The molecule has 2 amide bonds. The number of hydrogen-bond acceptors (Lipinski definition) is 11. The van der Waals surface area contributed by atoms with Gasteiger partial charge in [0, 0.05) is 30.9 Å². The minimum Gasteiger partial charge on any atom is -0.374 e. The summed E-state index contributed by atoms with van der Waals surface area (Å²) in [4.78, 5) is 31.3. The van der Waals surface area contributed by atoms with Crippen LogP contribution in [0.1, 0.15) is 198 Å². The summed E-state index contributed by atoms with van der Waals surface area (Å²) in [7, 11) is 0. The molecule has 1 aliphatic rings. The first-order valence-corrected chi connectivity index (χ1v) is 36.6. The lowest BCUT2D eigenvalue weighted by atomic mass is 9.97. The zero-order chi connectivity index (χ0) is 67.3. The number of unbranched alkanes of at least 4 members (excludes halogenated alkanes) is 19. The van der Waals surface area contributed by atoms with Crippen molar-refractivity contribution >= 4 is 11.8 Å². The van der Waals surface area contributed by atoms with Crippen molar-refractivity contribution in [3.8, 4) is 0 Å². The Kier molecular flexibility index (Phi) is 36.9. The van der Waals surface area contributed by atoms with Gasteiger partial charge in [0.15, 0.2) is 6.29 Å².